The molecule has 0 saturated heterocycles. The summed E-state index contributed by atoms with van der Waals surface area (Å²) in [5.74, 6) is 0. The van der Waals surface area contributed by atoms with E-state index in [4.69, 9.17) is 0 Å². The standard InChI is InChI=1S/C9H19NS/c1-8(11-2)7-10-9-5-3-4-6-9/h8-10H,3-7H2,1-2H3. The molecular formula is C9H19NS. The second-order valence-corrected chi connectivity index (χ2v) is 4.71. The minimum atomic E-state index is 0.774. The molecule has 0 aromatic carbocycles. The van der Waals surface area contributed by atoms with Crippen LogP contribution in [0.5, 0.6) is 0 Å². The van der Waals surface area contributed by atoms with Crippen LogP contribution >= 0.6 is 11.8 Å². The van der Waals surface area contributed by atoms with Gasteiger partial charge in [0.15, 0.2) is 0 Å². The van der Waals surface area contributed by atoms with Crippen molar-refractivity contribution < 1.29 is 0 Å². The van der Waals surface area contributed by atoms with E-state index in [1.165, 1.54) is 32.2 Å². The van der Waals surface area contributed by atoms with Crippen LogP contribution in [-0.2, 0) is 0 Å². The summed E-state index contributed by atoms with van der Waals surface area (Å²) >= 11 is 1.95. The highest BCUT2D eigenvalue weighted by Gasteiger charge is 2.14. The highest BCUT2D eigenvalue weighted by atomic mass is 32.2. The van der Waals surface area contributed by atoms with Gasteiger partial charge in [0.1, 0.15) is 0 Å². The van der Waals surface area contributed by atoms with Crippen LogP contribution in [0, 0.1) is 0 Å². The largest absolute Gasteiger partial charge is 0.313 e. The van der Waals surface area contributed by atoms with Gasteiger partial charge in [0.25, 0.3) is 0 Å². The van der Waals surface area contributed by atoms with Gasteiger partial charge in [-0.2, -0.15) is 11.8 Å². The molecule has 0 aliphatic heterocycles. The summed E-state index contributed by atoms with van der Waals surface area (Å²) in [6, 6.07) is 0.838. The van der Waals surface area contributed by atoms with Gasteiger partial charge in [-0.25, -0.2) is 0 Å². The molecule has 1 nitrogen and oxygen atoms in total. The van der Waals surface area contributed by atoms with E-state index < -0.39 is 0 Å². The molecule has 0 spiro atoms. The van der Waals surface area contributed by atoms with Crippen molar-refractivity contribution in [2.75, 3.05) is 12.8 Å². The number of hydrogen-bond donors (Lipinski definition) is 1. The molecule has 1 rings (SSSR count). The van der Waals surface area contributed by atoms with Gasteiger partial charge in [0.05, 0.1) is 0 Å². The predicted molar refractivity (Wildman–Crippen MR) is 53.2 cm³/mol. The van der Waals surface area contributed by atoms with Crippen LogP contribution < -0.4 is 5.32 Å². The number of rotatable bonds is 4. The summed E-state index contributed by atoms with van der Waals surface area (Å²) in [7, 11) is 0. The Morgan fingerprint density at radius 2 is 2.09 bits per heavy atom. The van der Waals surface area contributed by atoms with Crippen molar-refractivity contribution in [2.45, 2.75) is 43.9 Å². The molecule has 1 aliphatic carbocycles. The zero-order chi connectivity index (χ0) is 8.10. The number of thioether (sulfide) groups is 1. The van der Waals surface area contributed by atoms with Crippen LogP contribution in [0.15, 0.2) is 0 Å². The van der Waals surface area contributed by atoms with Crippen LogP contribution in [0.1, 0.15) is 32.6 Å². The molecule has 0 aromatic heterocycles. The van der Waals surface area contributed by atoms with Crippen molar-refractivity contribution in [3.05, 3.63) is 0 Å². The number of nitrogens with one attached hydrogen (secondary N) is 1. The summed E-state index contributed by atoms with van der Waals surface area (Å²) in [5.41, 5.74) is 0. The monoisotopic (exact) mass is 173 g/mol. The molecule has 0 aromatic rings. The third-order valence-corrected chi connectivity index (χ3v) is 3.42. The van der Waals surface area contributed by atoms with E-state index in [9.17, 15) is 0 Å². The fraction of sp³-hybridized carbons (Fsp3) is 1.00. The third-order valence-electron chi connectivity index (χ3n) is 2.45. The van der Waals surface area contributed by atoms with Gasteiger partial charge in [-0.05, 0) is 19.1 Å². The molecule has 66 valence electrons. The average molecular weight is 173 g/mol. The summed E-state index contributed by atoms with van der Waals surface area (Å²) in [6.45, 7) is 3.47. The van der Waals surface area contributed by atoms with E-state index in [0.717, 1.165) is 11.3 Å². The Kier molecular flexibility index (Phi) is 4.31. The van der Waals surface area contributed by atoms with Crippen molar-refractivity contribution >= 4 is 11.8 Å². The molecule has 2 heteroatoms. The van der Waals surface area contributed by atoms with Gasteiger partial charge in [0.2, 0.25) is 0 Å². The van der Waals surface area contributed by atoms with E-state index in [-0.39, 0.29) is 0 Å². The molecule has 11 heavy (non-hydrogen) atoms. The first-order chi connectivity index (χ1) is 5.33. The van der Waals surface area contributed by atoms with Crippen LogP contribution in [0.3, 0.4) is 0 Å². The minimum Gasteiger partial charge on any atom is -0.313 e. The second-order valence-electron chi connectivity index (χ2n) is 3.44. The van der Waals surface area contributed by atoms with Crippen LogP contribution in [-0.4, -0.2) is 24.1 Å². The highest BCUT2D eigenvalue weighted by Crippen LogP contribution is 2.17. The normalized spacial score (nSPS) is 22.4. The zero-order valence-electron chi connectivity index (χ0n) is 7.60. The van der Waals surface area contributed by atoms with E-state index in [1.54, 1.807) is 0 Å². The van der Waals surface area contributed by atoms with Crippen molar-refractivity contribution in [3.8, 4) is 0 Å². The van der Waals surface area contributed by atoms with E-state index >= 15 is 0 Å². The Morgan fingerprint density at radius 3 is 2.64 bits per heavy atom. The quantitative estimate of drug-likeness (QED) is 0.700. The predicted octanol–water partition coefficient (Wildman–Crippen LogP) is 2.27. The highest BCUT2D eigenvalue weighted by molar-refractivity contribution is 7.99. The maximum absolute atomic E-state index is 3.61. The summed E-state index contributed by atoms with van der Waals surface area (Å²) in [5, 5.41) is 4.39. The molecule has 1 atom stereocenters. The Bertz CT molecular complexity index is 99.7. The lowest BCUT2D eigenvalue weighted by Gasteiger charge is -2.14. The lowest BCUT2D eigenvalue weighted by Crippen LogP contribution is -2.31. The molecule has 0 amide bonds. The Balaban J connectivity index is 2.01. The SMILES string of the molecule is CSC(C)CNC1CCCC1. The Hall–Kier alpha value is 0.310. The van der Waals surface area contributed by atoms with Crippen molar-refractivity contribution in [1.82, 2.24) is 5.32 Å². The van der Waals surface area contributed by atoms with E-state index in [0.29, 0.717) is 0 Å². The van der Waals surface area contributed by atoms with Crippen molar-refractivity contribution in [1.29, 1.82) is 0 Å². The maximum atomic E-state index is 3.61. The van der Waals surface area contributed by atoms with Gasteiger partial charge < -0.3 is 5.32 Å². The molecule has 1 unspecified atom stereocenters. The molecule has 0 radical (unpaired) electrons. The zero-order valence-corrected chi connectivity index (χ0v) is 8.41. The smallest absolute Gasteiger partial charge is 0.0141 e. The average Bonchev–Trinajstić information content (AvgIpc) is 2.52. The van der Waals surface area contributed by atoms with E-state index in [2.05, 4.69) is 18.5 Å². The summed E-state index contributed by atoms with van der Waals surface area (Å²) < 4.78 is 0. The minimum absolute atomic E-state index is 0.774. The lowest BCUT2D eigenvalue weighted by molar-refractivity contribution is 0.527. The van der Waals surface area contributed by atoms with Crippen LogP contribution in [0.4, 0.5) is 0 Å². The molecule has 1 aliphatic rings. The summed E-state index contributed by atoms with van der Waals surface area (Å²) in [6.07, 6.45) is 7.86. The summed E-state index contributed by atoms with van der Waals surface area (Å²) in [4.78, 5) is 0. The molecule has 1 N–H and O–H groups in total. The Morgan fingerprint density at radius 1 is 1.45 bits per heavy atom. The van der Waals surface area contributed by atoms with Gasteiger partial charge in [-0.3, -0.25) is 0 Å². The van der Waals surface area contributed by atoms with Gasteiger partial charge >= 0.3 is 0 Å². The first-order valence-corrected chi connectivity index (χ1v) is 5.88. The van der Waals surface area contributed by atoms with Crippen molar-refractivity contribution in [3.63, 3.8) is 0 Å². The first-order valence-electron chi connectivity index (χ1n) is 4.59. The van der Waals surface area contributed by atoms with Crippen LogP contribution in [0.25, 0.3) is 0 Å². The van der Waals surface area contributed by atoms with Crippen LogP contribution in [0.2, 0.25) is 0 Å². The maximum Gasteiger partial charge on any atom is 0.0141 e. The van der Waals surface area contributed by atoms with Crippen molar-refractivity contribution in [2.24, 2.45) is 0 Å². The van der Waals surface area contributed by atoms with Gasteiger partial charge in [0, 0.05) is 17.8 Å². The molecular weight excluding hydrogens is 154 g/mol. The molecule has 0 bridgehead atoms. The fourth-order valence-corrected chi connectivity index (χ4v) is 1.81. The second kappa shape index (κ2) is 5.04. The first kappa shape index (κ1) is 9.40. The molecule has 0 heterocycles. The third kappa shape index (κ3) is 3.48. The van der Waals surface area contributed by atoms with E-state index in [1.807, 2.05) is 11.8 Å². The van der Waals surface area contributed by atoms with Gasteiger partial charge in [-0.15, -0.1) is 0 Å². The van der Waals surface area contributed by atoms with Gasteiger partial charge in [-0.1, -0.05) is 19.8 Å². The Labute approximate surface area is 74.3 Å². The molecule has 1 fully saturated rings. The topological polar surface area (TPSA) is 12.0 Å². The fourth-order valence-electron chi connectivity index (χ4n) is 1.55. The lowest BCUT2D eigenvalue weighted by atomic mass is 10.2. The number of hydrogen-bond acceptors (Lipinski definition) is 2. The molecule has 1 saturated carbocycles.